The van der Waals surface area contributed by atoms with E-state index in [4.69, 9.17) is 18.3 Å². The van der Waals surface area contributed by atoms with Crippen LogP contribution >= 0.6 is 0 Å². The molecule has 1 aliphatic carbocycles. The third-order valence-electron chi connectivity index (χ3n) is 6.17. The van der Waals surface area contributed by atoms with Crippen molar-refractivity contribution >= 4 is 33.4 Å². The minimum absolute atomic E-state index is 0.0397. The lowest BCUT2D eigenvalue weighted by Gasteiger charge is -2.10. The van der Waals surface area contributed by atoms with E-state index in [0.717, 1.165) is 10.8 Å². The molecule has 10 heteroatoms. The predicted molar refractivity (Wildman–Crippen MR) is 136 cm³/mol. The van der Waals surface area contributed by atoms with Gasteiger partial charge in [-0.2, -0.15) is 0 Å². The third kappa shape index (κ3) is 4.00. The molecule has 0 bridgehead atoms. The van der Waals surface area contributed by atoms with Crippen molar-refractivity contribution in [2.75, 3.05) is 14.2 Å². The number of methoxy groups -OCH3 is 2. The van der Waals surface area contributed by atoms with E-state index in [1.165, 1.54) is 19.2 Å². The zero-order valence-corrected chi connectivity index (χ0v) is 21.0. The Bertz CT molecular complexity index is 1580. The van der Waals surface area contributed by atoms with Crippen molar-refractivity contribution in [3.8, 4) is 11.5 Å². The molecule has 4 aromatic heterocycles. The highest BCUT2D eigenvalue weighted by molar-refractivity contribution is 6.26. The number of aromatic nitrogens is 2. The van der Waals surface area contributed by atoms with Crippen LogP contribution in [0, 0.1) is 0 Å². The van der Waals surface area contributed by atoms with Crippen molar-refractivity contribution < 1.29 is 38.1 Å². The summed E-state index contributed by atoms with van der Waals surface area (Å²) in [5, 5.41) is 20.7. The van der Waals surface area contributed by atoms with Crippen molar-refractivity contribution in [2.45, 2.75) is 26.1 Å². The molecule has 6 rings (SSSR count). The maximum atomic E-state index is 12.2. The minimum atomic E-state index is -0.868. The average molecular weight is 517 g/mol. The summed E-state index contributed by atoms with van der Waals surface area (Å²) in [6.45, 7) is 3.15. The lowest BCUT2D eigenvalue weighted by molar-refractivity contribution is 0.0949. The summed E-state index contributed by atoms with van der Waals surface area (Å²) in [5.74, 6) is 1.11. The lowest BCUT2D eigenvalue weighted by atomic mass is 9.92. The number of fused-ring (bicyclic) bond motifs is 4. The van der Waals surface area contributed by atoms with Crippen LogP contribution in [0.25, 0.3) is 21.9 Å². The van der Waals surface area contributed by atoms with Crippen molar-refractivity contribution in [1.82, 2.24) is 9.97 Å². The van der Waals surface area contributed by atoms with Gasteiger partial charge < -0.3 is 28.5 Å². The first-order chi connectivity index (χ1) is 18.3. The van der Waals surface area contributed by atoms with Crippen LogP contribution in [0.3, 0.4) is 0 Å². The Hall–Kier alpha value is -4.54. The van der Waals surface area contributed by atoms with Crippen LogP contribution in [0.4, 0.5) is 0 Å². The molecule has 0 spiro atoms. The number of aliphatic hydroxyl groups is 2. The van der Waals surface area contributed by atoms with E-state index in [-0.39, 0.29) is 34.1 Å². The number of furan rings is 2. The Balaban J connectivity index is 0.000000156. The normalized spacial score (nSPS) is 13.9. The highest BCUT2D eigenvalue weighted by atomic mass is 16.5. The number of hydrogen-bond acceptors (Lipinski definition) is 10. The minimum Gasteiger partial charge on any atom is -0.495 e. The second kappa shape index (κ2) is 9.73. The summed E-state index contributed by atoms with van der Waals surface area (Å²) < 4.78 is 21.9. The maximum Gasteiger partial charge on any atom is 0.248 e. The number of rotatable bonds is 4. The van der Waals surface area contributed by atoms with Gasteiger partial charge in [0.1, 0.15) is 40.7 Å². The number of carbonyl (C=O) groups is 2. The molecule has 2 unspecified atom stereocenters. The maximum absolute atomic E-state index is 12.2. The molecule has 0 amide bonds. The topological polar surface area (TPSA) is 145 Å². The fourth-order valence-corrected chi connectivity index (χ4v) is 4.36. The van der Waals surface area contributed by atoms with Gasteiger partial charge in [-0.15, -0.1) is 0 Å². The Kier molecular flexibility index (Phi) is 6.43. The molecule has 194 valence electrons. The van der Waals surface area contributed by atoms with Gasteiger partial charge in [0.15, 0.2) is 22.9 Å². The summed E-state index contributed by atoms with van der Waals surface area (Å²) in [5.41, 5.74) is 1.77. The van der Waals surface area contributed by atoms with Gasteiger partial charge in [-0.05, 0) is 50.2 Å². The van der Waals surface area contributed by atoms with Crippen LogP contribution in [0.1, 0.15) is 69.7 Å². The largest absolute Gasteiger partial charge is 0.495 e. The number of hydrogen-bond donors (Lipinski definition) is 2. The van der Waals surface area contributed by atoms with E-state index in [1.807, 2.05) is 12.1 Å². The Morgan fingerprint density at radius 1 is 0.789 bits per heavy atom. The number of benzene rings is 1. The summed E-state index contributed by atoms with van der Waals surface area (Å²) in [6.07, 6.45) is 1.57. The second-order valence-electron chi connectivity index (χ2n) is 8.66. The van der Waals surface area contributed by atoms with Crippen LogP contribution in [0.5, 0.6) is 11.5 Å². The van der Waals surface area contributed by atoms with Gasteiger partial charge in [0, 0.05) is 17.8 Å². The molecule has 0 radical (unpaired) electrons. The summed E-state index contributed by atoms with van der Waals surface area (Å²) in [6, 6.07) is 10.1. The molecule has 2 N–H and O–H groups in total. The van der Waals surface area contributed by atoms with Gasteiger partial charge in [-0.3, -0.25) is 19.6 Å². The molecular formula is C28H24N2O8. The first-order valence-electron chi connectivity index (χ1n) is 11.7. The van der Waals surface area contributed by atoms with Crippen molar-refractivity contribution in [3.05, 3.63) is 82.9 Å². The van der Waals surface area contributed by atoms with E-state index in [9.17, 15) is 19.8 Å². The van der Waals surface area contributed by atoms with Gasteiger partial charge in [-0.1, -0.05) is 0 Å². The first-order valence-corrected chi connectivity index (χ1v) is 11.7. The molecule has 0 saturated heterocycles. The number of ketones is 2. The summed E-state index contributed by atoms with van der Waals surface area (Å²) in [4.78, 5) is 32.5. The molecule has 10 nitrogen and oxygen atoms in total. The molecule has 5 aromatic rings. The van der Waals surface area contributed by atoms with Crippen LogP contribution in [0.15, 0.2) is 57.6 Å². The SMILES string of the molecule is CC(O)c1cc2c(o1)C(=O)c1ncccc1C2=O.COc1c2cccnc2c(OC)c2oc(C(C)O)cc12. The fourth-order valence-electron chi connectivity index (χ4n) is 4.36. The summed E-state index contributed by atoms with van der Waals surface area (Å²) >= 11 is 0. The first kappa shape index (κ1) is 25.1. The monoisotopic (exact) mass is 516 g/mol. The Morgan fingerprint density at radius 3 is 2.13 bits per heavy atom. The van der Waals surface area contributed by atoms with Crippen molar-refractivity contribution in [1.29, 1.82) is 0 Å². The van der Waals surface area contributed by atoms with Gasteiger partial charge >= 0.3 is 0 Å². The molecule has 0 fully saturated rings. The van der Waals surface area contributed by atoms with E-state index in [1.54, 1.807) is 45.5 Å². The van der Waals surface area contributed by atoms with Gasteiger partial charge in [0.2, 0.25) is 5.78 Å². The number of carbonyl (C=O) groups excluding carboxylic acids is 2. The number of pyridine rings is 2. The lowest BCUT2D eigenvalue weighted by Crippen LogP contribution is -2.20. The number of aliphatic hydroxyl groups excluding tert-OH is 2. The Labute approximate surface area is 216 Å². The third-order valence-corrected chi connectivity index (χ3v) is 6.17. The van der Waals surface area contributed by atoms with Crippen LogP contribution in [-0.2, 0) is 0 Å². The van der Waals surface area contributed by atoms with Crippen LogP contribution in [0.2, 0.25) is 0 Å². The quantitative estimate of drug-likeness (QED) is 0.342. The zero-order chi connectivity index (χ0) is 27.1. The highest BCUT2D eigenvalue weighted by Gasteiger charge is 2.35. The molecular weight excluding hydrogens is 492 g/mol. The van der Waals surface area contributed by atoms with E-state index < -0.39 is 18.0 Å². The van der Waals surface area contributed by atoms with Crippen molar-refractivity contribution in [2.24, 2.45) is 0 Å². The van der Waals surface area contributed by atoms with Crippen molar-refractivity contribution in [3.63, 3.8) is 0 Å². The molecule has 0 aliphatic heterocycles. The van der Waals surface area contributed by atoms with Gasteiger partial charge in [-0.25, -0.2) is 0 Å². The Morgan fingerprint density at radius 2 is 1.45 bits per heavy atom. The van der Waals surface area contributed by atoms with E-state index >= 15 is 0 Å². The smallest absolute Gasteiger partial charge is 0.248 e. The molecule has 1 aromatic carbocycles. The van der Waals surface area contributed by atoms with Crippen LogP contribution in [-0.4, -0.2) is 46.0 Å². The molecule has 1 aliphatic rings. The zero-order valence-electron chi connectivity index (χ0n) is 21.0. The molecule has 2 atom stereocenters. The summed E-state index contributed by atoms with van der Waals surface area (Å²) in [7, 11) is 3.17. The van der Waals surface area contributed by atoms with Gasteiger partial charge in [0.25, 0.3) is 0 Å². The number of nitrogens with zero attached hydrogens (tertiary/aromatic N) is 2. The molecule has 4 heterocycles. The predicted octanol–water partition coefficient (Wildman–Crippen LogP) is 4.55. The average Bonchev–Trinajstić information content (AvgIpc) is 3.57. The molecule has 38 heavy (non-hydrogen) atoms. The second-order valence-corrected chi connectivity index (χ2v) is 8.66. The fraction of sp³-hybridized carbons (Fsp3) is 0.214. The van der Waals surface area contributed by atoms with Gasteiger partial charge in [0.05, 0.1) is 30.7 Å². The molecule has 0 saturated carbocycles. The van der Waals surface area contributed by atoms with E-state index in [0.29, 0.717) is 28.4 Å². The number of ether oxygens (including phenoxy) is 2. The standard InChI is InChI=1S/C15H15NO4.C13H9NO4/c1-8(17)11-7-10-13(18-2)9-5-4-6-16-12(9)15(19-3)14(10)20-11;1-6(15)9-5-8-11(16)7-3-2-4-14-10(7)12(17)13(8)18-9/h4-8,17H,1-3H3;2-6,15H,1H3. The van der Waals surface area contributed by atoms with E-state index in [2.05, 4.69) is 9.97 Å². The van der Waals surface area contributed by atoms with Crippen LogP contribution < -0.4 is 9.47 Å². The highest BCUT2D eigenvalue weighted by Crippen LogP contribution is 2.43.